The molecule has 0 saturated heterocycles. The molecular weight excluding hydrogens is 381 g/mol. The summed E-state index contributed by atoms with van der Waals surface area (Å²) in [6, 6.07) is 2.78. The zero-order valence-corrected chi connectivity index (χ0v) is 16.4. The Bertz CT molecular complexity index is 590. The number of alkyl halides is 6. The Kier molecular flexibility index (Phi) is 5.96. The molecule has 1 aromatic rings. The van der Waals surface area contributed by atoms with Crippen molar-refractivity contribution in [3.8, 4) is 11.5 Å². The molecule has 0 amide bonds. The van der Waals surface area contributed by atoms with Crippen LogP contribution < -0.4 is 14.8 Å². The van der Waals surface area contributed by atoms with Gasteiger partial charge in [-0.15, -0.1) is 26.3 Å². The highest BCUT2D eigenvalue weighted by atomic mass is 31.2. The maximum absolute atomic E-state index is 12.6. The van der Waals surface area contributed by atoms with E-state index in [0.717, 1.165) is 12.1 Å². The average Bonchev–Trinajstić information content (AvgIpc) is 2.29. The molecule has 9 heteroatoms. The van der Waals surface area contributed by atoms with Gasteiger partial charge in [0.15, 0.2) is 0 Å². The zero-order chi connectivity index (χ0) is 20.8. The van der Waals surface area contributed by atoms with Crippen molar-refractivity contribution < 1.29 is 35.8 Å². The topological polar surface area (TPSA) is 18.5 Å². The minimum atomic E-state index is -5.04. The van der Waals surface area contributed by atoms with E-state index in [4.69, 9.17) is 0 Å². The third-order valence-corrected chi connectivity index (χ3v) is 9.78. The van der Waals surface area contributed by atoms with E-state index in [0.29, 0.717) is 6.07 Å². The molecular formula is C17H23F6O2P. The third-order valence-electron chi connectivity index (χ3n) is 4.06. The fourth-order valence-electron chi connectivity index (χ4n) is 2.94. The quantitative estimate of drug-likeness (QED) is 0.325. The zero-order valence-electron chi connectivity index (χ0n) is 15.5. The first-order chi connectivity index (χ1) is 11.3. The summed E-state index contributed by atoms with van der Waals surface area (Å²) >= 11 is 0. The van der Waals surface area contributed by atoms with Crippen molar-refractivity contribution in [1.82, 2.24) is 0 Å². The van der Waals surface area contributed by atoms with E-state index in [-0.39, 0.29) is 5.30 Å². The highest BCUT2D eigenvalue weighted by Gasteiger charge is 2.50. The Morgan fingerprint density at radius 1 is 0.692 bits per heavy atom. The van der Waals surface area contributed by atoms with Crippen LogP contribution in [0, 0.1) is 6.66 Å². The Hall–Kier alpha value is -1.17. The molecule has 26 heavy (non-hydrogen) atoms. The molecule has 0 bridgehead atoms. The van der Waals surface area contributed by atoms with Gasteiger partial charge in [-0.3, -0.25) is 0 Å². The Morgan fingerprint density at radius 3 is 1.23 bits per heavy atom. The lowest BCUT2D eigenvalue weighted by molar-refractivity contribution is -0.276. The van der Waals surface area contributed by atoms with Crippen molar-refractivity contribution in [2.24, 2.45) is 0 Å². The molecule has 0 aliphatic carbocycles. The van der Waals surface area contributed by atoms with E-state index in [1.54, 1.807) is 0 Å². The van der Waals surface area contributed by atoms with Gasteiger partial charge in [-0.25, -0.2) is 0 Å². The van der Waals surface area contributed by atoms with E-state index in [1.165, 1.54) is 0 Å². The van der Waals surface area contributed by atoms with Crippen LogP contribution in [0.25, 0.3) is 0 Å². The summed E-state index contributed by atoms with van der Waals surface area (Å²) in [7, 11) is -2.52. The van der Waals surface area contributed by atoms with Crippen LogP contribution in [-0.2, 0) is 0 Å². The molecule has 0 radical (unpaired) electrons. The van der Waals surface area contributed by atoms with Gasteiger partial charge >= 0.3 is 12.7 Å². The van der Waals surface area contributed by atoms with Gasteiger partial charge in [-0.1, -0.05) is 7.26 Å². The number of halogens is 6. The molecule has 0 unspecified atom stereocenters. The standard InChI is InChI=1S/C17H23F6O2P/c1-14(2,3)26(7,15(4,5)6)13-9-11(24-16(18,19)20)8-12(10-13)25-17(21,22)23/h8-10H,7H2,1-6H3. The molecule has 0 aromatic heterocycles. The molecule has 150 valence electrons. The maximum Gasteiger partial charge on any atom is 0.573 e. The molecule has 1 rings (SSSR count). The highest BCUT2D eigenvalue weighted by molar-refractivity contribution is 7.86. The summed E-state index contributed by atoms with van der Waals surface area (Å²) in [6.07, 6.45) is -10.1. The number of hydrogen-bond donors (Lipinski definition) is 0. The van der Waals surface area contributed by atoms with Crippen LogP contribution in [0.3, 0.4) is 0 Å². The molecule has 0 aliphatic heterocycles. The predicted molar refractivity (Wildman–Crippen MR) is 91.2 cm³/mol. The van der Waals surface area contributed by atoms with Crippen molar-refractivity contribution in [2.75, 3.05) is 0 Å². The second-order valence-electron chi connectivity index (χ2n) is 7.91. The summed E-state index contributed by atoms with van der Waals surface area (Å²) in [5.41, 5.74) is 0. The lowest BCUT2D eigenvalue weighted by atomic mass is 10.2. The van der Waals surface area contributed by atoms with E-state index in [9.17, 15) is 26.3 Å². The number of rotatable bonds is 3. The first-order valence-corrected chi connectivity index (χ1v) is 9.64. The van der Waals surface area contributed by atoms with E-state index >= 15 is 0 Å². The Morgan fingerprint density at radius 2 is 1.00 bits per heavy atom. The van der Waals surface area contributed by atoms with Crippen LogP contribution in [-0.4, -0.2) is 23.0 Å². The van der Waals surface area contributed by atoms with Crippen molar-refractivity contribution in [3.63, 3.8) is 0 Å². The Balaban J connectivity index is 3.67. The number of ether oxygens (including phenoxy) is 2. The van der Waals surface area contributed by atoms with Gasteiger partial charge < -0.3 is 9.47 Å². The monoisotopic (exact) mass is 404 g/mol. The van der Waals surface area contributed by atoms with Crippen molar-refractivity contribution in [3.05, 3.63) is 24.9 Å². The summed E-state index contributed by atoms with van der Waals surface area (Å²) in [5, 5.41) is -0.714. The van der Waals surface area contributed by atoms with Crippen molar-refractivity contribution in [2.45, 2.75) is 64.6 Å². The van der Waals surface area contributed by atoms with Gasteiger partial charge in [0.1, 0.15) is 11.5 Å². The van der Waals surface area contributed by atoms with Crippen molar-refractivity contribution in [1.29, 1.82) is 0 Å². The van der Waals surface area contributed by atoms with Crippen LogP contribution in [0.4, 0.5) is 26.3 Å². The molecule has 1 aromatic carbocycles. The van der Waals surface area contributed by atoms with E-state index in [1.807, 2.05) is 41.5 Å². The predicted octanol–water partition coefficient (Wildman–Crippen LogP) is 6.52. The van der Waals surface area contributed by atoms with Crippen LogP contribution in [0.1, 0.15) is 41.5 Å². The Labute approximate surface area is 150 Å². The largest absolute Gasteiger partial charge is 0.573 e. The molecule has 0 spiro atoms. The average molecular weight is 404 g/mol. The third kappa shape index (κ3) is 5.41. The first-order valence-electron chi connectivity index (χ1n) is 7.67. The van der Waals surface area contributed by atoms with Crippen LogP contribution >= 0.6 is 7.26 Å². The lowest BCUT2D eigenvalue weighted by Crippen LogP contribution is -2.38. The number of benzene rings is 1. The van der Waals surface area contributed by atoms with Gasteiger partial charge in [0, 0.05) is 18.2 Å². The maximum atomic E-state index is 12.6. The fourth-order valence-corrected chi connectivity index (χ4v) is 7.20. The van der Waals surface area contributed by atoms with Gasteiger partial charge in [0.25, 0.3) is 0 Å². The number of hydrogen-bond acceptors (Lipinski definition) is 2. The highest BCUT2D eigenvalue weighted by Crippen LogP contribution is 2.74. The van der Waals surface area contributed by atoms with Crippen LogP contribution in [0.5, 0.6) is 11.5 Å². The molecule has 0 saturated carbocycles. The van der Waals surface area contributed by atoms with E-state index < -0.39 is 41.8 Å². The molecule has 2 nitrogen and oxygen atoms in total. The molecule has 0 N–H and O–H groups in total. The van der Waals surface area contributed by atoms with Gasteiger partial charge in [-0.2, -0.15) is 6.66 Å². The van der Waals surface area contributed by atoms with Gasteiger partial charge in [-0.05, 0) is 41.5 Å². The molecule has 0 aliphatic rings. The lowest BCUT2D eigenvalue weighted by Gasteiger charge is -2.51. The van der Waals surface area contributed by atoms with Crippen molar-refractivity contribution >= 4 is 12.6 Å². The molecule has 0 atom stereocenters. The van der Waals surface area contributed by atoms with Gasteiger partial charge in [0.2, 0.25) is 0 Å². The smallest absolute Gasteiger partial charge is 0.405 e. The summed E-state index contributed by atoms with van der Waals surface area (Å²) in [4.78, 5) is 0. The fraction of sp³-hybridized carbons (Fsp3) is 0.588. The summed E-state index contributed by atoms with van der Waals surface area (Å²) in [5.74, 6) is -1.54. The molecule has 0 fully saturated rings. The first kappa shape index (κ1) is 22.9. The SMILES string of the molecule is [CH2-][P+](c1cc(OC(F)(F)F)cc(OC(F)(F)F)c1)(C(C)(C)C)C(C)(C)C. The summed E-state index contributed by atoms with van der Waals surface area (Å²) in [6.45, 7) is 15.5. The molecule has 0 heterocycles. The second kappa shape index (κ2) is 6.77. The van der Waals surface area contributed by atoms with Gasteiger partial charge in [0.05, 0.1) is 15.6 Å². The minimum absolute atomic E-state index is 0.263. The van der Waals surface area contributed by atoms with Crippen LogP contribution in [0.2, 0.25) is 0 Å². The minimum Gasteiger partial charge on any atom is -0.405 e. The summed E-state index contributed by atoms with van der Waals surface area (Å²) < 4.78 is 83.4. The van der Waals surface area contributed by atoms with E-state index in [2.05, 4.69) is 16.1 Å². The normalized spacial score (nSPS) is 14.3. The van der Waals surface area contributed by atoms with Crippen LogP contribution in [0.15, 0.2) is 18.2 Å². The second-order valence-corrected chi connectivity index (χ2v) is 12.7.